The number of aliphatic hydroxyl groups is 1. The Morgan fingerprint density at radius 1 is 1.35 bits per heavy atom. The first-order valence-corrected chi connectivity index (χ1v) is 8.88. The second-order valence-electron chi connectivity index (χ2n) is 7.42. The fraction of sp³-hybridized carbons (Fsp3) is 0.500. The summed E-state index contributed by atoms with van der Waals surface area (Å²) in [6, 6.07) is 4.55. The molecule has 3 aliphatic rings. The summed E-state index contributed by atoms with van der Waals surface area (Å²) in [4.78, 5) is 14.7. The number of aromatic nitrogens is 3. The fourth-order valence-corrected chi connectivity index (χ4v) is 4.38. The smallest absolute Gasteiger partial charge is 0.280 e. The van der Waals surface area contributed by atoms with Gasteiger partial charge in [-0.05, 0) is 25.0 Å². The number of carbonyl (C=O) groups is 1. The summed E-state index contributed by atoms with van der Waals surface area (Å²) in [5.41, 5.74) is 1.22. The van der Waals surface area contributed by atoms with Crippen molar-refractivity contribution in [1.29, 1.82) is 0 Å². The normalized spacial score (nSPS) is 26.2. The zero-order valence-corrected chi connectivity index (χ0v) is 14.1. The Hall–Kier alpha value is -2.32. The van der Waals surface area contributed by atoms with Crippen LogP contribution in [0, 0.1) is 5.82 Å². The van der Waals surface area contributed by atoms with Crippen molar-refractivity contribution in [2.24, 2.45) is 0 Å². The van der Waals surface area contributed by atoms with Gasteiger partial charge in [-0.2, -0.15) is 0 Å². The first kappa shape index (κ1) is 15.9. The quantitative estimate of drug-likeness (QED) is 0.878. The number of rotatable bonds is 2. The first-order valence-electron chi connectivity index (χ1n) is 8.88. The van der Waals surface area contributed by atoms with Crippen LogP contribution in [0.3, 0.4) is 0 Å². The van der Waals surface area contributed by atoms with Crippen molar-refractivity contribution in [3.05, 3.63) is 41.5 Å². The summed E-state index contributed by atoms with van der Waals surface area (Å²) in [5.74, 6) is -0.535. The molecule has 3 heterocycles. The first-order chi connectivity index (χ1) is 12.6. The number of anilines is 1. The number of carbonyl (C=O) groups excluding carboxylic acids is 1. The van der Waals surface area contributed by atoms with E-state index in [0.29, 0.717) is 24.4 Å². The van der Waals surface area contributed by atoms with Crippen molar-refractivity contribution in [2.75, 3.05) is 24.7 Å². The molecule has 0 radical (unpaired) electrons. The molecular weight excluding hydrogens is 339 g/mol. The molecule has 1 spiro atoms. The molecule has 5 rings (SSSR count). The van der Waals surface area contributed by atoms with E-state index < -0.39 is 6.10 Å². The van der Waals surface area contributed by atoms with Crippen molar-refractivity contribution in [3.63, 3.8) is 0 Å². The Morgan fingerprint density at radius 3 is 2.88 bits per heavy atom. The number of hydrogen-bond acceptors (Lipinski definition) is 5. The Bertz CT molecular complexity index is 879. The number of halogens is 1. The van der Waals surface area contributed by atoms with Crippen molar-refractivity contribution in [3.8, 4) is 0 Å². The zero-order chi connectivity index (χ0) is 17.9. The Kier molecular flexibility index (Phi) is 3.42. The predicted molar refractivity (Wildman–Crippen MR) is 89.5 cm³/mol. The number of nitrogens with zero attached hydrogens (tertiary/aromatic N) is 4. The number of hydrogen-bond donors (Lipinski definition) is 1. The molecule has 1 aromatic heterocycles. The molecule has 8 heteroatoms. The van der Waals surface area contributed by atoms with Crippen molar-refractivity contribution >= 4 is 11.6 Å². The second kappa shape index (κ2) is 5.59. The summed E-state index contributed by atoms with van der Waals surface area (Å²) in [7, 11) is 0. The Morgan fingerprint density at radius 2 is 2.19 bits per heavy atom. The van der Waals surface area contributed by atoms with Crippen molar-refractivity contribution in [2.45, 2.75) is 36.8 Å². The highest BCUT2D eigenvalue weighted by atomic mass is 19.1. The van der Waals surface area contributed by atoms with Crippen LogP contribution in [0.15, 0.2) is 24.4 Å². The molecule has 1 amide bonds. The Balaban J connectivity index is 1.47. The highest BCUT2D eigenvalue weighted by Gasteiger charge is 2.50. The topological polar surface area (TPSA) is 80.5 Å². The van der Waals surface area contributed by atoms with Gasteiger partial charge in [-0.3, -0.25) is 4.79 Å². The molecule has 1 aliphatic carbocycles. The van der Waals surface area contributed by atoms with Gasteiger partial charge in [0.25, 0.3) is 5.91 Å². The van der Waals surface area contributed by atoms with E-state index in [9.17, 15) is 14.3 Å². The fourth-order valence-electron chi connectivity index (χ4n) is 4.38. The molecule has 136 valence electrons. The summed E-state index contributed by atoms with van der Waals surface area (Å²) in [6.45, 7) is 1.05. The largest absolute Gasteiger partial charge is 0.388 e. The van der Waals surface area contributed by atoms with Gasteiger partial charge in [-0.1, -0.05) is 17.7 Å². The summed E-state index contributed by atoms with van der Waals surface area (Å²) in [5, 5.41) is 17.9. The summed E-state index contributed by atoms with van der Waals surface area (Å²) < 4.78 is 21.2. The molecule has 2 fully saturated rings. The maximum Gasteiger partial charge on any atom is 0.280 e. The Labute approximate surface area is 149 Å². The molecule has 1 N–H and O–H groups in total. The monoisotopic (exact) mass is 358 g/mol. The molecule has 7 nitrogen and oxygen atoms in total. The predicted octanol–water partition coefficient (Wildman–Crippen LogP) is 1.43. The zero-order valence-electron chi connectivity index (χ0n) is 14.1. The van der Waals surface area contributed by atoms with Gasteiger partial charge in [-0.25, -0.2) is 9.07 Å². The number of aliphatic hydroxyl groups excluding tert-OH is 1. The molecule has 0 unspecified atom stereocenters. The van der Waals surface area contributed by atoms with Crippen LogP contribution in [0.1, 0.15) is 41.4 Å². The van der Waals surface area contributed by atoms with Crippen LogP contribution >= 0.6 is 0 Å². The maximum absolute atomic E-state index is 14.5. The SMILES string of the molecule is O=C(c1cn([C@@H]2COC[C@H]2O)nn1)N1CC2(CCC2)c2c(F)cccc21. The molecule has 2 aromatic rings. The van der Waals surface area contributed by atoms with Gasteiger partial charge >= 0.3 is 0 Å². The van der Waals surface area contributed by atoms with Gasteiger partial charge in [0, 0.05) is 17.5 Å². The van der Waals surface area contributed by atoms with E-state index in [0.717, 1.165) is 19.3 Å². The lowest BCUT2D eigenvalue weighted by molar-refractivity contribution is 0.0973. The second-order valence-corrected chi connectivity index (χ2v) is 7.42. The minimum absolute atomic E-state index is 0.190. The van der Waals surface area contributed by atoms with Crippen LogP contribution in [0.2, 0.25) is 0 Å². The van der Waals surface area contributed by atoms with Crippen LogP contribution in [0.5, 0.6) is 0 Å². The lowest BCUT2D eigenvalue weighted by Gasteiger charge is -2.38. The van der Waals surface area contributed by atoms with E-state index in [4.69, 9.17) is 4.74 Å². The van der Waals surface area contributed by atoms with Crippen molar-refractivity contribution in [1.82, 2.24) is 15.0 Å². The van der Waals surface area contributed by atoms with Crippen molar-refractivity contribution < 1.29 is 19.0 Å². The minimum atomic E-state index is -0.667. The number of benzene rings is 1. The molecule has 1 saturated carbocycles. The average Bonchev–Trinajstić information content (AvgIpc) is 3.30. The third kappa shape index (κ3) is 2.15. The van der Waals surface area contributed by atoms with Gasteiger partial charge in [0.15, 0.2) is 5.69 Å². The van der Waals surface area contributed by atoms with E-state index in [1.54, 1.807) is 17.0 Å². The summed E-state index contributed by atoms with van der Waals surface area (Å²) >= 11 is 0. The van der Waals surface area contributed by atoms with E-state index in [-0.39, 0.29) is 35.5 Å². The van der Waals surface area contributed by atoms with Gasteiger partial charge < -0.3 is 14.7 Å². The van der Waals surface area contributed by atoms with Gasteiger partial charge in [0.05, 0.1) is 25.1 Å². The average molecular weight is 358 g/mol. The van der Waals surface area contributed by atoms with Gasteiger partial charge in [0.1, 0.15) is 18.0 Å². The molecule has 1 saturated heterocycles. The van der Waals surface area contributed by atoms with Crippen LogP contribution in [0.25, 0.3) is 0 Å². The lowest BCUT2D eigenvalue weighted by atomic mass is 9.65. The van der Waals surface area contributed by atoms with E-state index in [1.165, 1.54) is 16.9 Å². The van der Waals surface area contributed by atoms with Gasteiger partial charge in [-0.15, -0.1) is 5.10 Å². The standard InChI is InChI=1S/C18H19FN4O3/c19-11-3-1-4-13-16(11)18(5-2-6-18)10-22(13)17(25)12-7-23(21-20-12)14-8-26-9-15(14)24/h1,3-4,7,14-15,24H,2,5-6,8-10H2/t14-,15-/m1/s1. The van der Waals surface area contributed by atoms with Gasteiger partial charge in [0.2, 0.25) is 0 Å². The number of amides is 1. The van der Waals surface area contributed by atoms with E-state index >= 15 is 0 Å². The van der Waals surface area contributed by atoms with E-state index in [1.807, 2.05) is 0 Å². The maximum atomic E-state index is 14.5. The number of fused-ring (bicyclic) bond motifs is 2. The third-order valence-corrected chi connectivity index (χ3v) is 5.92. The van der Waals surface area contributed by atoms with Crippen LogP contribution in [-0.4, -0.2) is 51.9 Å². The molecule has 2 aliphatic heterocycles. The highest BCUT2D eigenvalue weighted by molar-refractivity contribution is 6.06. The summed E-state index contributed by atoms with van der Waals surface area (Å²) in [6.07, 6.45) is 3.70. The van der Waals surface area contributed by atoms with Crippen LogP contribution in [-0.2, 0) is 10.2 Å². The lowest BCUT2D eigenvalue weighted by Crippen LogP contribution is -2.41. The highest BCUT2D eigenvalue weighted by Crippen LogP contribution is 2.53. The molecular formula is C18H19FN4O3. The van der Waals surface area contributed by atoms with E-state index in [2.05, 4.69) is 10.3 Å². The number of ether oxygens (including phenoxy) is 1. The third-order valence-electron chi connectivity index (χ3n) is 5.92. The molecule has 0 bridgehead atoms. The van der Waals surface area contributed by atoms with Crippen LogP contribution in [0.4, 0.5) is 10.1 Å². The molecule has 26 heavy (non-hydrogen) atoms. The molecule has 2 atom stereocenters. The molecule has 1 aromatic carbocycles. The minimum Gasteiger partial charge on any atom is -0.388 e. The van der Waals surface area contributed by atoms with Crippen LogP contribution < -0.4 is 4.90 Å².